The van der Waals surface area contributed by atoms with Crippen molar-refractivity contribution < 1.29 is 9.18 Å². The van der Waals surface area contributed by atoms with E-state index in [1.165, 1.54) is 18.6 Å². The Balaban J connectivity index is 1.99. The molecule has 1 aromatic carbocycles. The summed E-state index contributed by atoms with van der Waals surface area (Å²) in [7, 11) is 0. The number of aromatic nitrogens is 2. The van der Waals surface area contributed by atoms with Gasteiger partial charge in [-0.25, -0.2) is 14.4 Å². The average Bonchev–Trinajstić information content (AvgIpc) is 2.66. The number of amides is 1. The Labute approximate surface area is 160 Å². The molecule has 1 saturated heterocycles. The van der Waals surface area contributed by atoms with Gasteiger partial charge in [-0.3, -0.25) is 4.79 Å². The van der Waals surface area contributed by atoms with E-state index in [4.69, 9.17) is 4.98 Å². The summed E-state index contributed by atoms with van der Waals surface area (Å²) in [6.45, 7) is 7.75. The van der Waals surface area contributed by atoms with Gasteiger partial charge in [-0.1, -0.05) is 13.8 Å². The molecule has 2 heterocycles. The maximum absolute atomic E-state index is 13.2. The molecule has 1 aliphatic heterocycles. The zero-order valence-corrected chi connectivity index (χ0v) is 16.2. The molecule has 0 aliphatic carbocycles. The number of hydrogen-bond acceptors (Lipinski definition) is 4. The first-order valence-electron chi connectivity index (χ1n) is 9.63. The Hall–Kier alpha value is -2.50. The van der Waals surface area contributed by atoms with Crippen molar-refractivity contribution in [3.05, 3.63) is 41.8 Å². The van der Waals surface area contributed by atoms with E-state index in [0.29, 0.717) is 35.7 Å². The number of benzene rings is 1. The smallest absolute Gasteiger partial charge is 0.256 e. The summed E-state index contributed by atoms with van der Waals surface area (Å²) in [5, 5.41) is 2.96. The highest BCUT2D eigenvalue weighted by molar-refractivity contribution is 5.99. The molecule has 2 aromatic rings. The van der Waals surface area contributed by atoms with E-state index in [0.717, 1.165) is 24.9 Å². The van der Waals surface area contributed by atoms with E-state index in [9.17, 15) is 9.18 Å². The van der Waals surface area contributed by atoms with Gasteiger partial charge < -0.3 is 10.2 Å². The van der Waals surface area contributed by atoms with E-state index in [1.807, 2.05) is 0 Å². The fourth-order valence-electron chi connectivity index (χ4n) is 3.29. The highest BCUT2D eigenvalue weighted by atomic mass is 19.1. The first-order valence-corrected chi connectivity index (χ1v) is 9.63. The molecule has 1 aromatic heterocycles. The highest BCUT2D eigenvalue weighted by Crippen LogP contribution is 2.28. The standard InChI is InChI=1S/C21H27FN4O/c1-14(2)12-24-21(27)18-13-23-19(16-7-9-17(22)10-8-16)25-20(18)26-11-5-4-6-15(26)3/h7-10,13-15H,4-6,11-12H2,1-3H3,(H,24,27)/t15-/m0/s1. The highest BCUT2D eigenvalue weighted by Gasteiger charge is 2.26. The van der Waals surface area contributed by atoms with Gasteiger partial charge in [-0.15, -0.1) is 0 Å². The first kappa shape index (κ1) is 19.3. The Morgan fingerprint density at radius 3 is 2.70 bits per heavy atom. The number of nitrogens with zero attached hydrogens (tertiary/aromatic N) is 3. The second-order valence-corrected chi connectivity index (χ2v) is 7.58. The molecule has 1 atom stereocenters. The molecule has 0 unspecified atom stereocenters. The monoisotopic (exact) mass is 370 g/mol. The van der Waals surface area contributed by atoms with Crippen LogP contribution in [0.4, 0.5) is 10.2 Å². The molecule has 1 aliphatic rings. The summed E-state index contributed by atoms with van der Waals surface area (Å²) in [5.74, 6) is 1.09. The maximum atomic E-state index is 13.2. The van der Waals surface area contributed by atoms with Crippen molar-refractivity contribution in [2.75, 3.05) is 18.0 Å². The third kappa shape index (κ3) is 4.62. The Morgan fingerprint density at radius 1 is 1.30 bits per heavy atom. The number of rotatable bonds is 5. The van der Waals surface area contributed by atoms with E-state index in [1.54, 1.807) is 18.3 Å². The van der Waals surface area contributed by atoms with Crippen LogP contribution >= 0.6 is 0 Å². The van der Waals surface area contributed by atoms with Crippen LogP contribution in [-0.4, -0.2) is 35.0 Å². The molecule has 0 spiro atoms. The van der Waals surface area contributed by atoms with E-state index < -0.39 is 0 Å². The van der Waals surface area contributed by atoms with Crippen molar-refractivity contribution in [3.8, 4) is 11.4 Å². The summed E-state index contributed by atoms with van der Waals surface area (Å²) in [5.41, 5.74) is 1.23. The zero-order valence-electron chi connectivity index (χ0n) is 16.2. The van der Waals surface area contributed by atoms with Crippen LogP contribution in [0, 0.1) is 11.7 Å². The lowest BCUT2D eigenvalue weighted by Gasteiger charge is -2.35. The largest absolute Gasteiger partial charge is 0.353 e. The predicted molar refractivity (Wildman–Crippen MR) is 105 cm³/mol. The summed E-state index contributed by atoms with van der Waals surface area (Å²) in [4.78, 5) is 24.1. The second kappa shape index (κ2) is 8.46. The number of hydrogen-bond donors (Lipinski definition) is 1. The molecule has 1 fully saturated rings. The lowest BCUT2D eigenvalue weighted by Crippen LogP contribution is -2.40. The Kier molecular flexibility index (Phi) is 6.04. The zero-order chi connectivity index (χ0) is 19.4. The third-order valence-electron chi connectivity index (χ3n) is 4.86. The maximum Gasteiger partial charge on any atom is 0.256 e. The first-order chi connectivity index (χ1) is 13.0. The van der Waals surface area contributed by atoms with Gasteiger partial charge in [-0.2, -0.15) is 0 Å². The molecule has 1 N–H and O–H groups in total. The lowest BCUT2D eigenvalue weighted by molar-refractivity contribution is 0.0948. The van der Waals surface area contributed by atoms with Crippen molar-refractivity contribution >= 4 is 11.7 Å². The number of carbonyl (C=O) groups is 1. The quantitative estimate of drug-likeness (QED) is 0.863. The average molecular weight is 370 g/mol. The molecule has 3 rings (SSSR count). The molecule has 0 bridgehead atoms. The van der Waals surface area contributed by atoms with Crippen LogP contribution in [0.25, 0.3) is 11.4 Å². The summed E-state index contributed by atoms with van der Waals surface area (Å²) >= 11 is 0. The molecule has 0 saturated carbocycles. The number of nitrogens with one attached hydrogen (secondary N) is 1. The predicted octanol–water partition coefficient (Wildman–Crippen LogP) is 4.05. The fourth-order valence-corrected chi connectivity index (χ4v) is 3.29. The molecule has 1 amide bonds. The summed E-state index contributed by atoms with van der Waals surface area (Å²) in [6.07, 6.45) is 4.93. The van der Waals surface area contributed by atoms with Gasteiger partial charge in [-0.05, 0) is 56.4 Å². The molecular weight excluding hydrogens is 343 g/mol. The molecule has 27 heavy (non-hydrogen) atoms. The van der Waals surface area contributed by atoms with Crippen molar-refractivity contribution in [1.82, 2.24) is 15.3 Å². The summed E-state index contributed by atoms with van der Waals surface area (Å²) < 4.78 is 13.2. The molecular formula is C21H27FN4O. The minimum atomic E-state index is -0.298. The Bertz CT molecular complexity index is 791. The minimum Gasteiger partial charge on any atom is -0.353 e. The third-order valence-corrected chi connectivity index (χ3v) is 4.86. The van der Waals surface area contributed by atoms with Gasteiger partial charge >= 0.3 is 0 Å². The van der Waals surface area contributed by atoms with E-state index in [2.05, 4.69) is 36.0 Å². The van der Waals surface area contributed by atoms with Crippen molar-refractivity contribution in [2.45, 2.75) is 46.1 Å². The normalized spacial score (nSPS) is 17.2. The Morgan fingerprint density at radius 2 is 2.04 bits per heavy atom. The van der Waals surface area contributed by atoms with Crippen LogP contribution < -0.4 is 10.2 Å². The van der Waals surface area contributed by atoms with Crippen LogP contribution in [0.5, 0.6) is 0 Å². The van der Waals surface area contributed by atoms with Crippen LogP contribution in [0.15, 0.2) is 30.5 Å². The van der Waals surface area contributed by atoms with Gasteiger partial charge in [0.1, 0.15) is 17.2 Å². The van der Waals surface area contributed by atoms with Crippen LogP contribution in [-0.2, 0) is 0 Å². The summed E-state index contributed by atoms with van der Waals surface area (Å²) in [6, 6.07) is 6.42. The SMILES string of the molecule is CC(C)CNC(=O)c1cnc(-c2ccc(F)cc2)nc1N1CCCC[C@@H]1C. The molecule has 0 radical (unpaired) electrons. The molecule has 6 heteroatoms. The minimum absolute atomic E-state index is 0.151. The van der Waals surface area contributed by atoms with Gasteiger partial charge in [0.05, 0.1) is 0 Å². The van der Waals surface area contributed by atoms with Gasteiger partial charge in [0, 0.05) is 30.9 Å². The molecule has 5 nitrogen and oxygen atoms in total. The fraction of sp³-hybridized carbons (Fsp3) is 0.476. The van der Waals surface area contributed by atoms with Crippen LogP contribution in [0.2, 0.25) is 0 Å². The van der Waals surface area contributed by atoms with Gasteiger partial charge in [0.15, 0.2) is 5.82 Å². The molecule has 144 valence electrons. The van der Waals surface area contributed by atoms with E-state index in [-0.39, 0.29) is 11.7 Å². The van der Waals surface area contributed by atoms with Gasteiger partial charge in [0.2, 0.25) is 0 Å². The van der Waals surface area contributed by atoms with Crippen LogP contribution in [0.3, 0.4) is 0 Å². The van der Waals surface area contributed by atoms with Gasteiger partial charge in [0.25, 0.3) is 5.91 Å². The van der Waals surface area contributed by atoms with E-state index >= 15 is 0 Å². The number of halogens is 1. The number of anilines is 1. The number of piperidine rings is 1. The second-order valence-electron chi connectivity index (χ2n) is 7.58. The topological polar surface area (TPSA) is 58.1 Å². The van der Waals surface area contributed by atoms with Crippen molar-refractivity contribution in [1.29, 1.82) is 0 Å². The van der Waals surface area contributed by atoms with Crippen molar-refractivity contribution in [2.24, 2.45) is 5.92 Å². The van der Waals surface area contributed by atoms with Crippen LogP contribution in [0.1, 0.15) is 50.4 Å². The lowest BCUT2D eigenvalue weighted by atomic mass is 10.0. The van der Waals surface area contributed by atoms with Crippen molar-refractivity contribution in [3.63, 3.8) is 0 Å². The number of carbonyl (C=O) groups excluding carboxylic acids is 1.